The Morgan fingerprint density at radius 2 is 1.73 bits per heavy atom. The Balaban J connectivity index is 0.00000442. The molecule has 2 atom stereocenters. The number of benzene rings is 2. The van der Waals surface area contributed by atoms with Crippen LogP contribution in [0, 0.1) is 5.92 Å². The smallest absolute Gasteiger partial charge is 0.453 e. The van der Waals surface area contributed by atoms with Crippen LogP contribution in [0.1, 0.15) is 56.0 Å². The maximum absolute atomic E-state index is 13.5. The van der Waals surface area contributed by atoms with Gasteiger partial charge in [0.05, 0.1) is 12.3 Å². The Morgan fingerprint density at radius 1 is 1.02 bits per heavy atom. The van der Waals surface area contributed by atoms with Crippen molar-refractivity contribution in [1.29, 1.82) is 0 Å². The molecular formula is C30H37ClF3N7O3. The summed E-state index contributed by atoms with van der Waals surface area (Å²) in [5.74, 6) is -0.563. The summed E-state index contributed by atoms with van der Waals surface area (Å²) in [5.41, 5.74) is 1.95. The third-order valence-corrected chi connectivity index (χ3v) is 8.31. The van der Waals surface area contributed by atoms with E-state index < -0.39 is 12.0 Å². The number of halogens is 4. The average Bonchev–Trinajstić information content (AvgIpc) is 3.52. The highest BCUT2D eigenvalue weighted by Gasteiger charge is 2.39. The fourth-order valence-corrected chi connectivity index (χ4v) is 6.04. The summed E-state index contributed by atoms with van der Waals surface area (Å²) in [4.78, 5) is 29.0. The minimum Gasteiger partial charge on any atom is -0.494 e. The summed E-state index contributed by atoms with van der Waals surface area (Å²) in [5, 5.41) is 13.6. The predicted molar refractivity (Wildman–Crippen MR) is 159 cm³/mol. The van der Waals surface area contributed by atoms with Crippen LogP contribution in [0.15, 0.2) is 48.5 Å². The molecule has 2 aliphatic rings. The van der Waals surface area contributed by atoms with Crippen molar-refractivity contribution in [2.75, 3.05) is 32.8 Å². The molecule has 238 valence electrons. The molecule has 2 fully saturated rings. The number of nitrogens with zero attached hydrogens (tertiary/aromatic N) is 6. The van der Waals surface area contributed by atoms with Gasteiger partial charge in [0.2, 0.25) is 11.8 Å². The van der Waals surface area contributed by atoms with E-state index in [0.29, 0.717) is 74.6 Å². The fraction of sp³-hybridized carbons (Fsp3) is 0.500. The zero-order valence-electron chi connectivity index (χ0n) is 24.7. The number of aromatic nitrogens is 4. The molecule has 3 aromatic rings. The zero-order valence-corrected chi connectivity index (χ0v) is 25.5. The van der Waals surface area contributed by atoms with Crippen LogP contribution < -0.4 is 10.1 Å². The average molecular weight is 636 g/mol. The quantitative estimate of drug-likeness (QED) is 0.395. The molecule has 2 saturated heterocycles. The van der Waals surface area contributed by atoms with E-state index in [-0.39, 0.29) is 47.8 Å². The summed E-state index contributed by atoms with van der Waals surface area (Å²) >= 11 is 0. The standard InChI is InChI=1S/C30H36F3N7O3.ClH/c1-3-43-27-10-9-24(40-29(30(31,32)33)35-36-37-40)17-23(27)18-34-26-13-16-39(19-25(26)21-7-5-4-6-8-21)28(42)22-11-14-38(15-12-22)20(2)41;/h4-10,17,22,25-26,34H,3,11-16,18-19H2,1-2H3;1H/t25-,26-;/m0./s1. The molecule has 0 radical (unpaired) electrons. The van der Waals surface area contributed by atoms with E-state index in [4.69, 9.17) is 4.74 Å². The minimum atomic E-state index is -4.71. The number of piperidine rings is 2. The first-order chi connectivity index (χ1) is 20.7. The van der Waals surface area contributed by atoms with Gasteiger partial charge in [0.25, 0.3) is 5.82 Å². The Morgan fingerprint density at radius 3 is 2.39 bits per heavy atom. The number of carbonyl (C=O) groups excluding carboxylic acids is 2. The van der Waals surface area contributed by atoms with Crippen LogP contribution in [0.4, 0.5) is 13.2 Å². The van der Waals surface area contributed by atoms with Gasteiger partial charge < -0.3 is 19.9 Å². The molecule has 0 bridgehead atoms. The Bertz CT molecular complexity index is 1410. The molecule has 10 nitrogen and oxygen atoms in total. The van der Waals surface area contributed by atoms with Gasteiger partial charge in [0.15, 0.2) is 0 Å². The van der Waals surface area contributed by atoms with Gasteiger partial charge in [-0.2, -0.15) is 17.9 Å². The second kappa shape index (κ2) is 14.4. The molecule has 0 spiro atoms. The first kappa shape index (κ1) is 33.2. The first-order valence-electron chi connectivity index (χ1n) is 14.6. The maximum atomic E-state index is 13.5. The van der Waals surface area contributed by atoms with E-state index in [0.717, 1.165) is 5.56 Å². The Kier molecular flexibility index (Phi) is 10.8. The highest BCUT2D eigenvalue weighted by atomic mass is 35.5. The van der Waals surface area contributed by atoms with Gasteiger partial charge in [0.1, 0.15) is 5.75 Å². The lowest BCUT2D eigenvalue weighted by molar-refractivity contribution is -0.146. The topological polar surface area (TPSA) is 105 Å². The second-order valence-electron chi connectivity index (χ2n) is 11.0. The van der Waals surface area contributed by atoms with Crippen LogP contribution in [-0.2, 0) is 22.3 Å². The van der Waals surface area contributed by atoms with Gasteiger partial charge in [-0.05, 0) is 60.4 Å². The van der Waals surface area contributed by atoms with Gasteiger partial charge in [-0.3, -0.25) is 9.59 Å². The Labute approximate surface area is 260 Å². The molecule has 2 amide bonds. The van der Waals surface area contributed by atoms with Crippen molar-refractivity contribution < 1.29 is 27.5 Å². The molecule has 44 heavy (non-hydrogen) atoms. The van der Waals surface area contributed by atoms with E-state index in [9.17, 15) is 22.8 Å². The number of rotatable bonds is 8. The lowest BCUT2D eigenvalue weighted by atomic mass is 9.84. The van der Waals surface area contributed by atoms with Crippen LogP contribution in [0.5, 0.6) is 5.75 Å². The summed E-state index contributed by atoms with van der Waals surface area (Å²) in [6.07, 6.45) is -2.67. The van der Waals surface area contributed by atoms with Crippen LogP contribution in [0.3, 0.4) is 0 Å². The molecule has 0 aliphatic carbocycles. The van der Waals surface area contributed by atoms with Gasteiger partial charge in [0, 0.05) is 63.1 Å². The second-order valence-corrected chi connectivity index (χ2v) is 11.0. The summed E-state index contributed by atoms with van der Waals surface area (Å²) in [7, 11) is 0. The third-order valence-electron chi connectivity index (χ3n) is 8.31. The summed E-state index contributed by atoms with van der Waals surface area (Å²) in [6, 6.07) is 14.8. The molecule has 3 heterocycles. The van der Waals surface area contributed by atoms with Gasteiger partial charge in [-0.1, -0.05) is 30.3 Å². The number of hydrogen-bond acceptors (Lipinski definition) is 7. The largest absolute Gasteiger partial charge is 0.494 e. The number of nitrogens with one attached hydrogen (secondary N) is 1. The molecule has 0 saturated carbocycles. The lowest BCUT2D eigenvalue weighted by Crippen LogP contribution is -2.52. The molecule has 0 unspecified atom stereocenters. The number of tetrazole rings is 1. The molecule has 5 rings (SSSR count). The summed E-state index contributed by atoms with van der Waals surface area (Å²) < 4.78 is 46.9. The molecule has 2 aliphatic heterocycles. The van der Waals surface area contributed by atoms with E-state index in [2.05, 4.69) is 33.0 Å². The fourth-order valence-electron chi connectivity index (χ4n) is 6.04. The van der Waals surface area contributed by atoms with Crippen molar-refractivity contribution in [2.24, 2.45) is 5.92 Å². The van der Waals surface area contributed by atoms with Gasteiger partial charge in [-0.15, -0.1) is 17.5 Å². The van der Waals surface area contributed by atoms with Crippen LogP contribution >= 0.6 is 12.4 Å². The van der Waals surface area contributed by atoms with Crippen LogP contribution in [0.25, 0.3) is 5.69 Å². The number of likely N-dealkylation sites (tertiary alicyclic amines) is 2. The van der Waals surface area contributed by atoms with Crippen molar-refractivity contribution >= 4 is 24.2 Å². The van der Waals surface area contributed by atoms with E-state index in [1.807, 2.05) is 30.0 Å². The number of alkyl halides is 3. The van der Waals surface area contributed by atoms with Gasteiger partial charge in [-0.25, -0.2) is 0 Å². The van der Waals surface area contributed by atoms with Crippen molar-refractivity contribution in [1.82, 2.24) is 35.3 Å². The van der Waals surface area contributed by atoms with E-state index in [1.165, 1.54) is 6.07 Å². The van der Waals surface area contributed by atoms with Crippen molar-refractivity contribution in [3.05, 3.63) is 65.5 Å². The molecule has 2 aromatic carbocycles. The minimum absolute atomic E-state index is 0. The van der Waals surface area contributed by atoms with Crippen molar-refractivity contribution in [3.63, 3.8) is 0 Å². The maximum Gasteiger partial charge on any atom is 0.453 e. The number of ether oxygens (including phenoxy) is 1. The SMILES string of the molecule is CCOc1ccc(-n2nnnc2C(F)(F)F)cc1CN[C@H]1CCN(C(=O)C2CCN(C(C)=O)CC2)C[C@H]1c1ccccc1.Cl. The highest BCUT2D eigenvalue weighted by Crippen LogP contribution is 2.32. The van der Waals surface area contributed by atoms with E-state index in [1.54, 1.807) is 24.0 Å². The first-order valence-corrected chi connectivity index (χ1v) is 14.6. The number of amides is 2. The van der Waals surface area contributed by atoms with Crippen LogP contribution in [-0.4, -0.2) is 80.6 Å². The molecule has 1 aromatic heterocycles. The molecule has 14 heteroatoms. The van der Waals surface area contributed by atoms with Crippen molar-refractivity contribution in [2.45, 2.75) is 57.8 Å². The monoisotopic (exact) mass is 635 g/mol. The summed E-state index contributed by atoms with van der Waals surface area (Å²) in [6.45, 7) is 6.46. The van der Waals surface area contributed by atoms with E-state index >= 15 is 0 Å². The highest BCUT2D eigenvalue weighted by molar-refractivity contribution is 5.85. The number of hydrogen-bond donors (Lipinski definition) is 1. The molecule has 1 N–H and O–H groups in total. The predicted octanol–water partition coefficient (Wildman–Crippen LogP) is 4.23. The number of carbonyl (C=O) groups is 2. The Hall–Kier alpha value is -3.71. The van der Waals surface area contributed by atoms with Crippen molar-refractivity contribution in [3.8, 4) is 11.4 Å². The van der Waals surface area contributed by atoms with Crippen LogP contribution in [0.2, 0.25) is 0 Å². The lowest BCUT2D eigenvalue weighted by Gasteiger charge is -2.42. The third kappa shape index (κ3) is 7.49. The zero-order chi connectivity index (χ0) is 30.6. The molecular weight excluding hydrogens is 599 g/mol. The van der Waals surface area contributed by atoms with Gasteiger partial charge >= 0.3 is 6.18 Å². The normalized spacial score (nSPS) is 19.4.